The molecule has 3 N–H and O–H groups in total. The third-order valence-corrected chi connectivity index (χ3v) is 5.40. The van der Waals surface area contributed by atoms with Crippen LogP contribution in [-0.2, 0) is 0 Å². The summed E-state index contributed by atoms with van der Waals surface area (Å²) in [6.07, 6.45) is 3.66. The SMILES string of the molecule is Cc1ccc(C(=O)Nc2cc(N3[C@@H](C)CCC[C@@H]3C)c(C)cc2N)cc1. The topological polar surface area (TPSA) is 58.4 Å². The van der Waals surface area contributed by atoms with Gasteiger partial charge in [-0.2, -0.15) is 0 Å². The molecule has 2 aromatic rings. The van der Waals surface area contributed by atoms with Crippen LogP contribution in [0.15, 0.2) is 36.4 Å². The van der Waals surface area contributed by atoms with Gasteiger partial charge in [-0.1, -0.05) is 17.7 Å². The van der Waals surface area contributed by atoms with Crippen molar-refractivity contribution in [1.82, 2.24) is 0 Å². The molecule has 0 aliphatic carbocycles. The number of nitrogens with zero attached hydrogens (tertiary/aromatic N) is 1. The quantitative estimate of drug-likeness (QED) is 0.773. The van der Waals surface area contributed by atoms with Gasteiger partial charge in [-0.15, -0.1) is 0 Å². The van der Waals surface area contributed by atoms with E-state index in [1.807, 2.05) is 43.3 Å². The molecular weight excluding hydrogens is 322 g/mol. The van der Waals surface area contributed by atoms with Crippen LogP contribution in [-0.4, -0.2) is 18.0 Å². The third-order valence-electron chi connectivity index (χ3n) is 5.40. The lowest BCUT2D eigenvalue weighted by molar-refractivity contribution is 0.102. The molecule has 1 saturated heterocycles. The fourth-order valence-electron chi connectivity index (χ4n) is 3.90. The number of amides is 1. The van der Waals surface area contributed by atoms with Gasteiger partial charge in [0, 0.05) is 23.3 Å². The normalized spacial score (nSPS) is 20.1. The van der Waals surface area contributed by atoms with Crippen molar-refractivity contribution in [2.45, 2.75) is 59.0 Å². The number of nitrogen functional groups attached to an aromatic ring is 1. The molecule has 0 unspecified atom stereocenters. The molecule has 0 spiro atoms. The van der Waals surface area contributed by atoms with E-state index in [0.717, 1.165) is 16.8 Å². The summed E-state index contributed by atoms with van der Waals surface area (Å²) in [6, 6.07) is 12.5. The van der Waals surface area contributed by atoms with Crippen LogP contribution in [0.1, 0.15) is 54.6 Å². The Morgan fingerprint density at radius 2 is 1.69 bits per heavy atom. The van der Waals surface area contributed by atoms with Crippen LogP contribution in [0.5, 0.6) is 0 Å². The first kappa shape index (κ1) is 18.3. The second-order valence-electron chi connectivity index (χ2n) is 7.58. The molecule has 26 heavy (non-hydrogen) atoms. The summed E-state index contributed by atoms with van der Waals surface area (Å²) in [7, 11) is 0. The van der Waals surface area contributed by atoms with Crippen LogP contribution < -0.4 is 16.0 Å². The number of rotatable bonds is 3. The number of anilines is 3. The van der Waals surface area contributed by atoms with E-state index >= 15 is 0 Å². The Labute approximate surface area is 156 Å². The number of hydrogen-bond acceptors (Lipinski definition) is 3. The number of nitrogens with two attached hydrogens (primary N) is 1. The van der Waals surface area contributed by atoms with Crippen LogP contribution in [0.25, 0.3) is 0 Å². The summed E-state index contributed by atoms with van der Waals surface area (Å²) < 4.78 is 0. The maximum Gasteiger partial charge on any atom is 0.255 e. The van der Waals surface area contributed by atoms with Gasteiger partial charge in [0.15, 0.2) is 0 Å². The van der Waals surface area contributed by atoms with Gasteiger partial charge in [0.1, 0.15) is 0 Å². The van der Waals surface area contributed by atoms with E-state index in [1.165, 1.54) is 19.3 Å². The zero-order chi connectivity index (χ0) is 18.8. The zero-order valence-corrected chi connectivity index (χ0v) is 16.2. The fourth-order valence-corrected chi connectivity index (χ4v) is 3.90. The number of hydrogen-bond donors (Lipinski definition) is 2. The average Bonchev–Trinajstić information content (AvgIpc) is 2.59. The van der Waals surface area contributed by atoms with Crippen molar-refractivity contribution in [3.8, 4) is 0 Å². The van der Waals surface area contributed by atoms with Crippen LogP contribution >= 0.6 is 0 Å². The fraction of sp³-hybridized carbons (Fsp3) is 0.409. The van der Waals surface area contributed by atoms with Gasteiger partial charge in [-0.3, -0.25) is 4.79 Å². The highest BCUT2D eigenvalue weighted by atomic mass is 16.1. The summed E-state index contributed by atoms with van der Waals surface area (Å²) in [4.78, 5) is 15.1. The number of benzene rings is 2. The molecule has 3 rings (SSSR count). The van der Waals surface area contributed by atoms with Crippen molar-refractivity contribution < 1.29 is 4.79 Å². The van der Waals surface area contributed by atoms with Crippen molar-refractivity contribution in [2.24, 2.45) is 0 Å². The lowest BCUT2D eigenvalue weighted by atomic mass is 9.95. The Balaban J connectivity index is 1.90. The van der Waals surface area contributed by atoms with Crippen LogP contribution in [0.3, 0.4) is 0 Å². The Morgan fingerprint density at radius 1 is 1.08 bits per heavy atom. The summed E-state index contributed by atoms with van der Waals surface area (Å²) in [5, 5.41) is 2.99. The largest absolute Gasteiger partial charge is 0.397 e. The van der Waals surface area contributed by atoms with Gasteiger partial charge < -0.3 is 16.0 Å². The molecule has 4 nitrogen and oxygen atoms in total. The Morgan fingerprint density at radius 3 is 2.31 bits per heavy atom. The minimum Gasteiger partial charge on any atom is -0.397 e. The predicted octanol–water partition coefficient (Wildman–Crippen LogP) is 4.91. The number of nitrogens with one attached hydrogen (secondary N) is 1. The van der Waals surface area contributed by atoms with Crippen molar-refractivity contribution >= 4 is 23.0 Å². The van der Waals surface area contributed by atoms with Gasteiger partial charge in [-0.25, -0.2) is 0 Å². The summed E-state index contributed by atoms with van der Waals surface area (Å²) >= 11 is 0. The highest BCUT2D eigenvalue weighted by Gasteiger charge is 2.26. The first-order valence-corrected chi connectivity index (χ1v) is 9.43. The summed E-state index contributed by atoms with van der Waals surface area (Å²) in [5.41, 5.74) is 11.6. The van der Waals surface area contributed by atoms with E-state index in [-0.39, 0.29) is 5.91 Å². The molecular formula is C22H29N3O. The van der Waals surface area contributed by atoms with Crippen LogP contribution in [0.2, 0.25) is 0 Å². The number of aryl methyl sites for hydroxylation is 2. The minimum atomic E-state index is -0.133. The Kier molecular flexibility index (Phi) is 5.21. The number of carbonyl (C=O) groups is 1. The molecule has 1 amide bonds. The summed E-state index contributed by atoms with van der Waals surface area (Å²) in [5.74, 6) is -0.133. The first-order valence-electron chi connectivity index (χ1n) is 9.43. The van der Waals surface area contributed by atoms with Crippen molar-refractivity contribution in [1.29, 1.82) is 0 Å². The summed E-state index contributed by atoms with van der Waals surface area (Å²) in [6.45, 7) is 8.64. The first-order chi connectivity index (χ1) is 12.4. The monoisotopic (exact) mass is 351 g/mol. The molecule has 1 heterocycles. The molecule has 0 radical (unpaired) electrons. The highest BCUT2D eigenvalue weighted by molar-refractivity contribution is 6.06. The maximum absolute atomic E-state index is 12.6. The second-order valence-corrected chi connectivity index (χ2v) is 7.58. The van der Waals surface area contributed by atoms with Crippen molar-refractivity contribution in [2.75, 3.05) is 16.0 Å². The average molecular weight is 351 g/mol. The van der Waals surface area contributed by atoms with E-state index in [1.54, 1.807) is 0 Å². The van der Waals surface area contributed by atoms with E-state index in [2.05, 4.69) is 31.0 Å². The third kappa shape index (κ3) is 3.69. The van der Waals surface area contributed by atoms with E-state index in [0.29, 0.717) is 29.0 Å². The number of carbonyl (C=O) groups excluding carboxylic acids is 1. The smallest absolute Gasteiger partial charge is 0.255 e. The Hall–Kier alpha value is -2.49. The van der Waals surface area contributed by atoms with Gasteiger partial charge in [-0.05, 0) is 76.8 Å². The zero-order valence-electron chi connectivity index (χ0n) is 16.2. The molecule has 4 heteroatoms. The van der Waals surface area contributed by atoms with Gasteiger partial charge in [0.2, 0.25) is 0 Å². The van der Waals surface area contributed by atoms with Gasteiger partial charge in [0.05, 0.1) is 11.4 Å². The standard InChI is InChI=1S/C22H29N3O/c1-14-8-10-18(11-9-14)22(26)24-20-13-21(15(2)12-19(20)23)25-16(3)6-5-7-17(25)4/h8-13,16-17H,5-7,23H2,1-4H3,(H,24,26)/t16-,17-/m0/s1. The molecule has 0 aromatic heterocycles. The molecule has 1 aliphatic heterocycles. The molecule has 138 valence electrons. The molecule has 0 saturated carbocycles. The van der Waals surface area contributed by atoms with Crippen LogP contribution in [0, 0.1) is 13.8 Å². The molecule has 1 fully saturated rings. The van der Waals surface area contributed by atoms with Gasteiger partial charge >= 0.3 is 0 Å². The lowest BCUT2D eigenvalue weighted by Crippen LogP contribution is -2.44. The highest BCUT2D eigenvalue weighted by Crippen LogP contribution is 2.35. The van der Waals surface area contributed by atoms with E-state index < -0.39 is 0 Å². The maximum atomic E-state index is 12.6. The molecule has 2 aromatic carbocycles. The number of piperidine rings is 1. The predicted molar refractivity (Wildman–Crippen MR) is 110 cm³/mol. The Bertz CT molecular complexity index is 788. The van der Waals surface area contributed by atoms with Crippen molar-refractivity contribution in [3.63, 3.8) is 0 Å². The molecule has 2 atom stereocenters. The second kappa shape index (κ2) is 7.40. The van der Waals surface area contributed by atoms with Crippen molar-refractivity contribution in [3.05, 3.63) is 53.1 Å². The van der Waals surface area contributed by atoms with Gasteiger partial charge in [0.25, 0.3) is 5.91 Å². The molecule has 0 bridgehead atoms. The van der Waals surface area contributed by atoms with E-state index in [4.69, 9.17) is 5.73 Å². The minimum absolute atomic E-state index is 0.133. The van der Waals surface area contributed by atoms with E-state index in [9.17, 15) is 4.79 Å². The lowest BCUT2D eigenvalue weighted by Gasteiger charge is -2.42. The van der Waals surface area contributed by atoms with Crippen LogP contribution in [0.4, 0.5) is 17.1 Å². The molecule has 1 aliphatic rings.